The molecule has 0 unspecified atom stereocenters. The lowest BCUT2D eigenvalue weighted by Gasteiger charge is -2.04. The van der Waals surface area contributed by atoms with Crippen LogP contribution in [0.15, 0.2) is 0 Å². The van der Waals surface area contributed by atoms with Gasteiger partial charge in [0.1, 0.15) is 13.2 Å². The fourth-order valence-electron chi connectivity index (χ4n) is 2.90. The zero-order valence-electron chi connectivity index (χ0n) is 18.1. The van der Waals surface area contributed by atoms with E-state index in [2.05, 4.69) is 12.7 Å². The van der Waals surface area contributed by atoms with Crippen LogP contribution in [0.5, 0.6) is 0 Å². The molecule has 5 heteroatoms. The molecule has 162 valence electrons. The molecule has 0 aliphatic heterocycles. The molecule has 0 fully saturated rings. The number of carbonyl (C=O) groups excluding carboxylic acids is 2. The first-order valence-corrected chi connectivity index (χ1v) is 11.2. The van der Waals surface area contributed by atoms with Crippen molar-refractivity contribution in [3.8, 4) is 0 Å². The van der Waals surface area contributed by atoms with Crippen LogP contribution in [0.2, 0.25) is 0 Å². The summed E-state index contributed by atoms with van der Waals surface area (Å²) in [5.41, 5.74) is 3.66. The third-order valence-electron chi connectivity index (χ3n) is 4.39. The second-order valence-corrected chi connectivity index (χ2v) is 7.27. The highest BCUT2D eigenvalue weighted by atomic mass is 16.5. The van der Waals surface area contributed by atoms with Gasteiger partial charge < -0.3 is 20.4 Å². The molecule has 0 aliphatic rings. The van der Waals surface area contributed by atoms with E-state index >= 15 is 0 Å². The van der Waals surface area contributed by atoms with Crippen LogP contribution in [0.25, 0.3) is 0 Å². The van der Waals surface area contributed by atoms with Gasteiger partial charge in [-0.15, -0.1) is 0 Å². The van der Waals surface area contributed by atoms with Crippen molar-refractivity contribution in [2.45, 2.75) is 117 Å². The predicted molar refractivity (Wildman–Crippen MR) is 109 cm³/mol. The van der Waals surface area contributed by atoms with Gasteiger partial charge in [0.05, 0.1) is 0 Å². The number of quaternary nitrogens is 1. The van der Waals surface area contributed by atoms with E-state index in [1.165, 1.54) is 83.5 Å². The second kappa shape index (κ2) is 24.9. The molecule has 3 N–H and O–H groups in total. The van der Waals surface area contributed by atoms with E-state index in [1.54, 1.807) is 0 Å². The first-order chi connectivity index (χ1) is 13.0. The van der Waals surface area contributed by atoms with E-state index in [0.29, 0.717) is 19.6 Å². The zero-order valence-corrected chi connectivity index (χ0v) is 18.1. The van der Waals surface area contributed by atoms with Crippen LogP contribution in [0.4, 0.5) is 0 Å². The molecule has 0 bridgehead atoms. The number of hydrogen-bond acceptors (Lipinski definition) is 4. The molecule has 0 rings (SSSR count). The van der Waals surface area contributed by atoms with Crippen LogP contribution < -0.4 is 10.8 Å². The van der Waals surface area contributed by atoms with Crippen molar-refractivity contribution in [2.75, 3.05) is 13.2 Å². The normalized spacial score (nSPS) is 10.2. The summed E-state index contributed by atoms with van der Waals surface area (Å²) in [6.07, 6.45) is 20.8. The van der Waals surface area contributed by atoms with Gasteiger partial charge >= 0.3 is 5.97 Å². The Morgan fingerprint density at radius 3 is 1.41 bits per heavy atom. The van der Waals surface area contributed by atoms with Crippen molar-refractivity contribution in [3.05, 3.63) is 0 Å². The molecular formula is C22H45NO4. The number of rotatable bonds is 18. The lowest BCUT2D eigenvalue weighted by molar-refractivity contribution is -0.372. The van der Waals surface area contributed by atoms with Crippen LogP contribution in [-0.2, 0) is 14.3 Å². The highest BCUT2D eigenvalue weighted by Crippen LogP contribution is 2.13. The Balaban J connectivity index is 0. The number of hydrogen-bond donors (Lipinski definition) is 1. The maximum Gasteiger partial charge on any atom is 0.305 e. The summed E-state index contributed by atoms with van der Waals surface area (Å²) in [5.74, 6) is -1.14. The molecular weight excluding hydrogens is 342 g/mol. The lowest BCUT2D eigenvalue weighted by Crippen LogP contribution is -2.52. The van der Waals surface area contributed by atoms with E-state index in [9.17, 15) is 4.79 Å². The maximum atomic E-state index is 11.3. The van der Waals surface area contributed by atoms with Crippen molar-refractivity contribution < 1.29 is 25.2 Å². The van der Waals surface area contributed by atoms with Crippen molar-refractivity contribution >= 4 is 11.9 Å². The second-order valence-electron chi connectivity index (χ2n) is 7.27. The average molecular weight is 388 g/mol. The summed E-state index contributed by atoms with van der Waals surface area (Å²) in [6.45, 7) is 4.39. The lowest BCUT2D eigenvalue weighted by atomic mass is 10.0. The number of carbonyl (C=O) groups is 2. The smallest absolute Gasteiger partial charge is 0.305 e. The highest BCUT2D eigenvalue weighted by molar-refractivity contribution is 5.69. The number of esters is 1. The molecule has 0 amide bonds. The van der Waals surface area contributed by atoms with E-state index in [-0.39, 0.29) is 5.97 Å². The van der Waals surface area contributed by atoms with E-state index in [4.69, 9.17) is 14.6 Å². The molecule has 0 heterocycles. The van der Waals surface area contributed by atoms with Gasteiger partial charge in [-0.3, -0.25) is 4.79 Å². The Kier molecular flexibility index (Phi) is 25.9. The first kappa shape index (κ1) is 28.1. The Hall–Kier alpha value is -1.10. The molecule has 0 aromatic rings. The van der Waals surface area contributed by atoms with E-state index in [1.807, 2.05) is 0 Å². The minimum absolute atomic E-state index is 0.0525. The Morgan fingerprint density at radius 2 is 1.07 bits per heavy atom. The Labute approximate surface area is 167 Å². The van der Waals surface area contributed by atoms with Gasteiger partial charge in [0.15, 0.2) is 0 Å². The average Bonchev–Trinajstić information content (AvgIpc) is 2.62. The predicted octanol–water partition coefficient (Wildman–Crippen LogP) is 3.79. The fraction of sp³-hybridized carbons (Fsp3) is 0.909. The van der Waals surface area contributed by atoms with Crippen LogP contribution in [0.1, 0.15) is 117 Å². The maximum absolute atomic E-state index is 11.3. The van der Waals surface area contributed by atoms with Gasteiger partial charge in [0.25, 0.3) is 0 Å². The highest BCUT2D eigenvalue weighted by Gasteiger charge is 2.01. The van der Waals surface area contributed by atoms with E-state index in [0.717, 1.165) is 19.8 Å². The summed E-state index contributed by atoms with van der Waals surface area (Å²) in [6, 6.07) is 0. The number of aliphatic carboxylic acids is 1. The standard InChI is InChI=1S/C20H41NO2.C2H4O2/c1-2-3-4-5-6-7-8-9-10-11-12-13-14-15-16-17-20(22)23-19-18-21;1-2(3)4/h2-19,21H2,1H3;1H3,(H,3,4). The van der Waals surface area contributed by atoms with Crippen molar-refractivity contribution in [3.63, 3.8) is 0 Å². The molecule has 0 saturated heterocycles. The summed E-state index contributed by atoms with van der Waals surface area (Å²) in [5, 5.41) is 8.89. The minimum atomic E-state index is -1.08. The van der Waals surface area contributed by atoms with Crippen LogP contribution in [0, 0.1) is 0 Å². The summed E-state index contributed by atoms with van der Waals surface area (Å²) in [4.78, 5) is 20.2. The summed E-state index contributed by atoms with van der Waals surface area (Å²) >= 11 is 0. The molecule has 0 saturated carbocycles. The third kappa shape index (κ3) is 33.0. The van der Waals surface area contributed by atoms with Gasteiger partial charge in [-0.1, -0.05) is 96.8 Å². The molecule has 5 nitrogen and oxygen atoms in total. The fourth-order valence-corrected chi connectivity index (χ4v) is 2.90. The largest absolute Gasteiger partial charge is 0.550 e. The van der Waals surface area contributed by atoms with Gasteiger partial charge in [-0.05, 0) is 13.3 Å². The number of ether oxygens (including phenoxy) is 1. The van der Waals surface area contributed by atoms with Gasteiger partial charge in [-0.2, -0.15) is 0 Å². The third-order valence-corrected chi connectivity index (χ3v) is 4.39. The van der Waals surface area contributed by atoms with Crippen molar-refractivity contribution in [2.24, 2.45) is 0 Å². The molecule has 0 radical (unpaired) electrons. The van der Waals surface area contributed by atoms with Gasteiger partial charge in [0.2, 0.25) is 0 Å². The Morgan fingerprint density at radius 1 is 0.741 bits per heavy atom. The van der Waals surface area contributed by atoms with Crippen LogP contribution in [0.3, 0.4) is 0 Å². The molecule has 27 heavy (non-hydrogen) atoms. The molecule has 0 aromatic heterocycles. The van der Waals surface area contributed by atoms with Gasteiger partial charge in [0, 0.05) is 12.4 Å². The van der Waals surface area contributed by atoms with Crippen molar-refractivity contribution in [1.82, 2.24) is 0 Å². The number of carboxylic acid groups (broad SMARTS) is 1. The zero-order chi connectivity index (χ0) is 20.6. The Bertz CT molecular complexity index is 317. The quantitative estimate of drug-likeness (QED) is 0.286. The van der Waals surface area contributed by atoms with E-state index < -0.39 is 5.97 Å². The monoisotopic (exact) mass is 387 g/mol. The molecule has 0 aliphatic carbocycles. The topological polar surface area (TPSA) is 94.1 Å². The summed E-state index contributed by atoms with van der Waals surface area (Å²) in [7, 11) is 0. The first-order valence-electron chi connectivity index (χ1n) is 11.2. The van der Waals surface area contributed by atoms with Crippen LogP contribution >= 0.6 is 0 Å². The SMILES string of the molecule is CC(=O)[O-].CCCCCCCCCCCCCCCCCC(=O)OCC[NH3+]. The molecule has 0 atom stereocenters. The molecule has 0 spiro atoms. The minimum Gasteiger partial charge on any atom is -0.550 e. The number of unbranched alkanes of at least 4 members (excludes halogenated alkanes) is 14. The van der Waals surface area contributed by atoms with Crippen molar-refractivity contribution in [1.29, 1.82) is 0 Å². The van der Waals surface area contributed by atoms with Gasteiger partial charge in [-0.25, -0.2) is 0 Å². The number of carboxylic acids is 1. The summed E-state index contributed by atoms with van der Waals surface area (Å²) < 4.78 is 5.01. The van der Waals surface area contributed by atoms with Crippen LogP contribution in [-0.4, -0.2) is 25.1 Å². The molecule has 0 aromatic carbocycles.